The van der Waals surface area contributed by atoms with Crippen LogP contribution in [0.3, 0.4) is 0 Å². The van der Waals surface area contributed by atoms with Gasteiger partial charge >= 0.3 is 0 Å². The number of nitrogens with zero attached hydrogens (tertiary/aromatic N) is 1. The fourth-order valence-corrected chi connectivity index (χ4v) is 1.93. The molecular formula is C13H24N2. The summed E-state index contributed by atoms with van der Waals surface area (Å²) in [6, 6.07) is 0.515. The molecule has 1 rings (SSSR count). The molecule has 0 heterocycles. The van der Waals surface area contributed by atoms with E-state index in [4.69, 9.17) is 4.99 Å². The zero-order chi connectivity index (χ0) is 11.3. The van der Waals surface area contributed by atoms with Gasteiger partial charge in [-0.2, -0.15) is 0 Å². The van der Waals surface area contributed by atoms with Crippen LogP contribution in [0.2, 0.25) is 0 Å². The van der Waals surface area contributed by atoms with E-state index >= 15 is 0 Å². The lowest BCUT2D eigenvalue weighted by molar-refractivity contribution is 0.439. The summed E-state index contributed by atoms with van der Waals surface area (Å²) in [6.45, 7) is 10.3. The Morgan fingerprint density at radius 1 is 1.27 bits per heavy atom. The van der Waals surface area contributed by atoms with E-state index < -0.39 is 0 Å². The molecule has 0 atom stereocenters. The van der Waals surface area contributed by atoms with Crippen LogP contribution in [0.1, 0.15) is 52.9 Å². The molecule has 0 spiro atoms. The molecule has 1 aliphatic rings. The Bertz CT molecular complexity index is 229. The molecule has 0 aliphatic heterocycles. The first-order chi connectivity index (χ1) is 7.01. The van der Waals surface area contributed by atoms with Crippen molar-refractivity contribution in [2.24, 2.45) is 4.99 Å². The van der Waals surface area contributed by atoms with Gasteiger partial charge in [-0.15, -0.1) is 0 Å². The molecule has 15 heavy (non-hydrogen) atoms. The van der Waals surface area contributed by atoms with E-state index in [0.29, 0.717) is 6.04 Å². The van der Waals surface area contributed by atoms with Crippen molar-refractivity contribution in [2.75, 3.05) is 0 Å². The highest BCUT2D eigenvalue weighted by molar-refractivity contribution is 5.93. The van der Waals surface area contributed by atoms with E-state index in [0.717, 1.165) is 5.84 Å². The topological polar surface area (TPSA) is 24.4 Å². The highest BCUT2D eigenvalue weighted by Crippen LogP contribution is 2.20. The van der Waals surface area contributed by atoms with Gasteiger partial charge in [-0.3, -0.25) is 4.99 Å². The normalized spacial score (nSPS) is 20.1. The minimum Gasteiger partial charge on any atom is -0.366 e. The van der Waals surface area contributed by atoms with Crippen molar-refractivity contribution in [2.45, 2.75) is 64.5 Å². The molecule has 0 aromatic rings. The van der Waals surface area contributed by atoms with E-state index in [2.05, 4.69) is 32.7 Å². The van der Waals surface area contributed by atoms with Crippen LogP contribution in [-0.4, -0.2) is 17.4 Å². The summed E-state index contributed by atoms with van der Waals surface area (Å²) in [7, 11) is 0. The van der Waals surface area contributed by atoms with Gasteiger partial charge in [-0.1, -0.05) is 25.8 Å². The van der Waals surface area contributed by atoms with E-state index in [-0.39, 0.29) is 5.54 Å². The Morgan fingerprint density at radius 2 is 1.87 bits per heavy atom. The second kappa shape index (κ2) is 5.34. The smallest absolute Gasteiger partial charge is 0.120 e. The van der Waals surface area contributed by atoms with Gasteiger partial charge in [0, 0.05) is 5.54 Å². The Hall–Kier alpha value is -0.790. The predicted molar refractivity (Wildman–Crippen MR) is 67.4 cm³/mol. The number of hydrogen-bond donors (Lipinski definition) is 1. The second-order valence-electron chi connectivity index (χ2n) is 5.39. The van der Waals surface area contributed by atoms with Crippen LogP contribution in [-0.2, 0) is 0 Å². The van der Waals surface area contributed by atoms with Crippen molar-refractivity contribution < 1.29 is 0 Å². The maximum Gasteiger partial charge on any atom is 0.120 e. The third-order valence-corrected chi connectivity index (χ3v) is 2.59. The molecule has 86 valence electrons. The van der Waals surface area contributed by atoms with Crippen molar-refractivity contribution >= 4 is 5.84 Å². The first kappa shape index (κ1) is 12.3. The van der Waals surface area contributed by atoms with E-state index in [1.54, 1.807) is 0 Å². The molecule has 2 heteroatoms. The SMILES string of the molecule is C=CC(=NC1CCCCC1)NC(C)(C)C. The van der Waals surface area contributed by atoms with Crippen LogP contribution in [0.15, 0.2) is 17.6 Å². The Balaban J connectivity index is 2.55. The first-order valence-electron chi connectivity index (χ1n) is 6.00. The molecule has 1 N–H and O–H groups in total. The fourth-order valence-electron chi connectivity index (χ4n) is 1.93. The molecule has 0 radical (unpaired) electrons. The zero-order valence-electron chi connectivity index (χ0n) is 10.3. The highest BCUT2D eigenvalue weighted by atomic mass is 15.0. The zero-order valence-corrected chi connectivity index (χ0v) is 10.3. The van der Waals surface area contributed by atoms with Crippen molar-refractivity contribution in [1.82, 2.24) is 5.32 Å². The Kier molecular flexibility index (Phi) is 4.37. The predicted octanol–water partition coefficient (Wildman–Crippen LogP) is 3.29. The molecule has 0 aromatic heterocycles. The summed E-state index contributed by atoms with van der Waals surface area (Å²) in [4.78, 5) is 4.73. The molecular weight excluding hydrogens is 184 g/mol. The number of nitrogens with one attached hydrogen (secondary N) is 1. The molecule has 0 aromatic carbocycles. The van der Waals surface area contributed by atoms with Crippen LogP contribution in [0.4, 0.5) is 0 Å². The van der Waals surface area contributed by atoms with Gasteiger partial charge in [-0.05, 0) is 39.7 Å². The third-order valence-electron chi connectivity index (χ3n) is 2.59. The Morgan fingerprint density at radius 3 is 2.33 bits per heavy atom. The summed E-state index contributed by atoms with van der Waals surface area (Å²) in [6.07, 6.45) is 8.34. The highest BCUT2D eigenvalue weighted by Gasteiger charge is 2.14. The monoisotopic (exact) mass is 208 g/mol. The average molecular weight is 208 g/mol. The lowest BCUT2D eigenvalue weighted by Crippen LogP contribution is -2.40. The first-order valence-corrected chi connectivity index (χ1v) is 6.00. The minimum absolute atomic E-state index is 0.0711. The van der Waals surface area contributed by atoms with Gasteiger partial charge in [0.2, 0.25) is 0 Å². The van der Waals surface area contributed by atoms with Gasteiger partial charge in [-0.25, -0.2) is 0 Å². The summed E-state index contributed by atoms with van der Waals surface area (Å²) >= 11 is 0. The number of aliphatic imine (C=N–C) groups is 1. The molecule has 0 unspecified atom stereocenters. The van der Waals surface area contributed by atoms with Crippen LogP contribution >= 0.6 is 0 Å². The third kappa shape index (κ3) is 5.01. The second-order valence-corrected chi connectivity index (χ2v) is 5.39. The summed E-state index contributed by atoms with van der Waals surface area (Å²) in [5, 5.41) is 3.39. The summed E-state index contributed by atoms with van der Waals surface area (Å²) in [5.41, 5.74) is 0.0711. The maximum absolute atomic E-state index is 4.73. The van der Waals surface area contributed by atoms with Gasteiger partial charge in [0.15, 0.2) is 0 Å². The molecule has 1 saturated carbocycles. The molecule has 0 saturated heterocycles. The van der Waals surface area contributed by atoms with E-state index in [1.807, 2.05) is 6.08 Å². The van der Waals surface area contributed by atoms with Gasteiger partial charge < -0.3 is 5.32 Å². The van der Waals surface area contributed by atoms with Gasteiger partial charge in [0.1, 0.15) is 5.84 Å². The van der Waals surface area contributed by atoms with Crippen LogP contribution in [0.25, 0.3) is 0 Å². The van der Waals surface area contributed by atoms with Gasteiger partial charge in [0.25, 0.3) is 0 Å². The van der Waals surface area contributed by atoms with Crippen molar-refractivity contribution in [3.05, 3.63) is 12.7 Å². The van der Waals surface area contributed by atoms with Gasteiger partial charge in [0.05, 0.1) is 6.04 Å². The largest absolute Gasteiger partial charge is 0.366 e. The molecule has 2 nitrogen and oxygen atoms in total. The number of hydrogen-bond acceptors (Lipinski definition) is 1. The molecule has 1 aliphatic carbocycles. The standard InChI is InChI=1S/C13H24N2/c1-5-12(15-13(2,3)4)14-11-9-7-6-8-10-11/h5,11H,1,6-10H2,2-4H3,(H,14,15). The van der Waals surface area contributed by atoms with E-state index in [9.17, 15) is 0 Å². The van der Waals surface area contributed by atoms with Crippen molar-refractivity contribution in [3.8, 4) is 0 Å². The van der Waals surface area contributed by atoms with Crippen LogP contribution < -0.4 is 5.32 Å². The van der Waals surface area contributed by atoms with Crippen molar-refractivity contribution in [1.29, 1.82) is 0 Å². The number of rotatable bonds is 2. The number of amidine groups is 1. The van der Waals surface area contributed by atoms with E-state index in [1.165, 1.54) is 32.1 Å². The minimum atomic E-state index is 0.0711. The molecule has 0 bridgehead atoms. The van der Waals surface area contributed by atoms with Crippen LogP contribution in [0, 0.1) is 0 Å². The average Bonchev–Trinajstić information content (AvgIpc) is 2.16. The Labute approximate surface area is 93.9 Å². The fraction of sp³-hybridized carbons (Fsp3) is 0.769. The van der Waals surface area contributed by atoms with Crippen LogP contribution in [0.5, 0.6) is 0 Å². The summed E-state index contributed by atoms with van der Waals surface area (Å²) < 4.78 is 0. The summed E-state index contributed by atoms with van der Waals surface area (Å²) in [5.74, 6) is 0.953. The molecule has 1 fully saturated rings. The quantitative estimate of drug-likeness (QED) is 0.546. The van der Waals surface area contributed by atoms with Crippen molar-refractivity contribution in [3.63, 3.8) is 0 Å². The lowest BCUT2D eigenvalue weighted by Gasteiger charge is -2.24. The maximum atomic E-state index is 4.73. The lowest BCUT2D eigenvalue weighted by atomic mass is 9.96. The molecule has 0 amide bonds.